The maximum Gasteiger partial charge on any atom is 0.0351 e. The smallest absolute Gasteiger partial charge is 0.0351 e. The molecule has 1 atom stereocenters. The summed E-state index contributed by atoms with van der Waals surface area (Å²) in [6, 6.07) is 7.30. The Balaban J connectivity index is 1.46. The van der Waals surface area contributed by atoms with E-state index in [2.05, 4.69) is 46.1 Å². The lowest BCUT2D eigenvalue weighted by Crippen LogP contribution is -2.38. The molecule has 1 unspecified atom stereocenters. The summed E-state index contributed by atoms with van der Waals surface area (Å²) in [7, 11) is 0. The van der Waals surface area contributed by atoms with Crippen molar-refractivity contribution >= 4 is 22.7 Å². The molecule has 1 N–H and O–H groups in total. The first-order chi connectivity index (χ1) is 9.83. The third-order valence-electron chi connectivity index (χ3n) is 3.96. The van der Waals surface area contributed by atoms with E-state index >= 15 is 0 Å². The summed E-state index contributed by atoms with van der Waals surface area (Å²) in [6.07, 6.45) is 2.75. The van der Waals surface area contributed by atoms with Crippen molar-refractivity contribution in [3.63, 3.8) is 0 Å². The number of hydrogen-bond donors (Lipinski definition) is 1. The average molecular weight is 307 g/mol. The Bertz CT molecular complexity index is 512. The van der Waals surface area contributed by atoms with Gasteiger partial charge in [0.1, 0.15) is 0 Å². The zero-order valence-electron chi connectivity index (χ0n) is 12.0. The van der Waals surface area contributed by atoms with Gasteiger partial charge in [-0.25, -0.2) is 0 Å². The predicted octanol–water partition coefficient (Wildman–Crippen LogP) is 4.05. The molecule has 2 aromatic heterocycles. The summed E-state index contributed by atoms with van der Waals surface area (Å²) in [6.45, 7) is 6.99. The molecule has 1 aliphatic rings. The van der Waals surface area contributed by atoms with Crippen LogP contribution in [0, 0.1) is 0 Å². The van der Waals surface area contributed by atoms with E-state index in [1.807, 2.05) is 22.7 Å². The molecule has 0 bridgehead atoms. The Labute approximate surface area is 129 Å². The predicted molar refractivity (Wildman–Crippen MR) is 89.6 cm³/mol. The molecule has 20 heavy (non-hydrogen) atoms. The van der Waals surface area contributed by atoms with Gasteiger partial charge in [0.25, 0.3) is 0 Å². The van der Waals surface area contributed by atoms with Crippen molar-refractivity contribution in [1.29, 1.82) is 0 Å². The summed E-state index contributed by atoms with van der Waals surface area (Å²) < 4.78 is 0. The van der Waals surface area contributed by atoms with E-state index in [-0.39, 0.29) is 0 Å². The minimum absolute atomic E-state index is 0.661. The van der Waals surface area contributed by atoms with Gasteiger partial charge in [-0.3, -0.25) is 4.90 Å². The van der Waals surface area contributed by atoms with Crippen molar-refractivity contribution < 1.29 is 0 Å². The second kappa shape index (κ2) is 6.85. The van der Waals surface area contributed by atoms with E-state index in [4.69, 9.17) is 0 Å². The number of nitrogens with zero attached hydrogens (tertiary/aromatic N) is 1. The number of nitrogens with one attached hydrogen (secondary N) is 1. The van der Waals surface area contributed by atoms with Gasteiger partial charge >= 0.3 is 0 Å². The number of likely N-dealkylation sites (tertiary alicyclic amines) is 1. The minimum atomic E-state index is 0.661. The Hall–Kier alpha value is -0.680. The summed E-state index contributed by atoms with van der Waals surface area (Å²) >= 11 is 3.68. The molecule has 108 valence electrons. The van der Waals surface area contributed by atoms with Crippen LogP contribution in [0.25, 0.3) is 10.4 Å². The van der Waals surface area contributed by atoms with Crippen LogP contribution in [-0.2, 0) is 6.54 Å². The number of thiophene rings is 2. The Morgan fingerprint density at radius 2 is 2.15 bits per heavy atom. The summed E-state index contributed by atoms with van der Waals surface area (Å²) in [4.78, 5) is 5.40. The molecule has 0 aromatic carbocycles. The Morgan fingerprint density at radius 1 is 1.30 bits per heavy atom. The minimum Gasteiger partial charge on any atom is -0.310 e. The van der Waals surface area contributed by atoms with Crippen LogP contribution in [0.3, 0.4) is 0 Å². The maximum absolute atomic E-state index is 3.61. The first-order valence-electron chi connectivity index (χ1n) is 7.39. The topological polar surface area (TPSA) is 15.3 Å². The van der Waals surface area contributed by atoms with Crippen LogP contribution in [0.4, 0.5) is 0 Å². The zero-order valence-corrected chi connectivity index (χ0v) is 13.6. The molecule has 4 heteroatoms. The summed E-state index contributed by atoms with van der Waals surface area (Å²) in [5.41, 5.74) is 1.37. The molecule has 2 nitrogen and oxygen atoms in total. The molecule has 0 saturated carbocycles. The van der Waals surface area contributed by atoms with E-state index in [0.717, 1.165) is 13.1 Å². The van der Waals surface area contributed by atoms with Crippen molar-refractivity contribution in [2.45, 2.75) is 32.4 Å². The van der Waals surface area contributed by atoms with Gasteiger partial charge < -0.3 is 5.32 Å². The van der Waals surface area contributed by atoms with Gasteiger partial charge in [0, 0.05) is 34.4 Å². The highest BCUT2D eigenvalue weighted by Gasteiger charge is 2.17. The van der Waals surface area contributed by atoms with E-state index in [0.29, 0.717) is 6.04 Å². The molecule has 0 aliphatic carbocycles. The van der Waals surface area contributed by atoms with Crippen LogP contribution in [-0.4, -0.2) is 30.6 Å². The van der Waals surface area contributed by atoms with E-state index in [9.17, 15) is 0 Å². The Morgan fingerprint density at radius 3 is 2.90 bits per heavy atom. The third-order valence-corrected chi connectivity index (χ3v) is 5.82. The fourth-order valence-electron chi connectivity index (χ4n) is 2.76. The molecule has 1 aliphatic heterocycles. The van der Waals surface area contributed by atoms with Crippen LogP contribution in [0.1, 0.15) is 24.6 Å². The quantitative estimate of drug-likeness (QED) is 0.866. The van der Waals surface area contributed by atoms with Crippen molar-refractivity contribution in [1.82, 2.24) is 10.2 Å². The molecule has 3 heterocycles. The molecule has 1 saturated heterocycles. The van der Waals surface area contributed by atoms with Crippen molar-refractivity contribution in [3.8, 4) is 10.4 Å². The van der Waals surface area contributed by atoms with Gasteiger partial charge in [-0.15, -0.1) is 22.7 Å². The fourth-order valence-corrected chi connectivity index (χ4v) is 4.40. The zero-order chi connectivity index (χ0) is 13.8. The fraction of sp³-hybridized carbons (Fsp3) is 0.500. The van der Waals surface area contributed by atoms with E-state index < -0.39 is 0 Å². The molecule has 3 rings (SSSR count). The van der Waals surface area contributed by atoms with Gasteiger partial charge in [-0.1, -0.05) is 6.07 Å². The summed E-state index contributed by atoms with van der Waals surface area (Å²) in [5, 5.41) is 8.02. The highest BCUT2D eigenvalue weighted by molar-refractivity contribution is 7.14. The van der Waals surface area contributed by atoms with Crippen LogP contribution >= 0.6 is 22.7 Å². The van der Waals surface area contributed by atoms with Gasteiger partial charge in [0.05, 0.1) is 0 Å². The van der Waals surface area contributed by atoms with Crippen molar-refractivity contribution in [2.24, 2.45) is 0 Å². The summed E-state index contributed by atoms with van der Waals surface area (Å²) in [5.74, 6) is 0. The first kappa shape index (κ1) is 14.3. The second-order valence-electron chi connectivity index (χ2n) is 5.50. The second-order valence-corrected chi connectivity index (χ2v) is 7.45. The molecule has 2 aromatic rings. The molecule has 0 radical (unpaired) electrons. The molecule has 0 spiro atoms. The standard InChI is InChI=1S/C16H22N2S2/c1-13(18-6-2-3-7-18)10-17-11-15-9-14(12-20-15)16-5-4-8-19-16/h4-5,8-9,12-13,17H,2-3,6-7,10-11H2,1H3. The third kappa shape index (κ3) is 3.50. The normalized spacial score (nSPS) is 17.6. The van der Waals surface area contributed by atoms with Crippen LogP contribution < -0.4 is 5.32 Å². The highest BCUT2D eigenvalue weighted by Crippen LogP contribution is 2.29. The lowest BCUT2D eigenvalue weighted by molar-refractivity contribution is 0.252. The van der Waals surface area contributed by atoms with Crippen molar-refractivity contribution in [2.75, 3.05) is 19.6 Å². The Kier molecular flexibility index (Phi) is 4.89. The largest absolute Gasteiger partial charge is 0.310 e. The molecule has 0 amide bonds. The van der Waals surface area contributed by atoms with Gasteiger partial charge in [0.2, 0.25) is 0 Å². The van der Waals surface area contributed by atoms with Crippen LogP contribution in [0.2, 0.25) is 0 Å². The maximum atomic E-state index is 3.61. The molecule has 1 fully saturated rings. The van der Waals surface area contributed by atoms with Gasteiger partial charge in [-0.05, 0) is 55.7 Å². The van der Waals surface area contributed by atoms with E-state index in [1.54, 1.807) is 0 Å². The molecular formula is C16H22N2S2. The van der Waals surface area contributed by atoms with E-state index in [1.165, 1.54) is 41.2 Å². The first-order valence-corrected chi connectivity index (χ1v) is 9.15. The van der Waals surface area contributed by atoms with Crippen molar-refractivity contribution in [3.05, 3.63) is 33.8 Å². The lowest BCUT2D eigenvalue weighted by atomic mass is 10.2. The number of rotatable bonds is 6. The average Bonchev–Trinajstić information content (AvgIpc) is 3.20. The van der Waals surface area contributed by atoms with Gasteiger partial charge in [0.15, 0.2) is 0 Å². The SMILES string of the molecule is CC(CNCc1cc(-c2cccs2)cs1)N1CCCC1. The molecular weight excluding hydrogens is 284 g/mol. The number of hydrogen-bond acceptors (Lipinski definition) is 4. The van der Waals surface area contributed by atoms with Crippen LogP contribution in [0.5, 0.6) is 0 Å². The van der Waals surface area contributed by atoms with Gasteiger partial charge in [-0.2, -0.15) is 0 Å². The monoisotopic (exact) mass is 306 g/mol. The lowest BCUT2D eigenvalue weighted by Gasteiger charge is -2.23. The highest BCUT2D eigenvalue weighted by atomic mass is 32.1. The van der Waals surface area contributed by atoms with Crippen LogP contribution in [0.15, 0.2) is 29.0 Å².